The maximum Gasteiger partial charge on any atom is 0.329 e. The third-order valence-corrected chi connectivity index (χ3v) is 12.3. The number of carbonyl (C=O) groups is 3. The van der Waals surface area contributed by atoms with E-state index in [1.807, 2.05) is 25.2 Å². The number of nitrogens with zero attached hydrogens (tertiary/aromatic N) is 7. The molecule has 16 nitrogen and oxygen atoms in total. The van der Waals surface area contributed by atoms with Crippen molar-refractivity contribution in [1.82, 2.24) is 39.1 Å². The second-order valence-electron chi connectivity index (χ2n) is 17.0. The lowest BCUT2D eigenvalue weighted by atomic mass is 9.81. The maximum atomic E-state index is 14.5. The highest BCUT2D eigenvalue weighted by Crippen LogP contribution is 2.38. The van der Waals surface area contributed by atoms with Crippen LogP contribution in [0.2, 0.25) is 0 Å². The number of anilines is 2. The maximum absolute atomic E-state index is 14.5. The molecular weight excluding hydrogens is 803 g/mol. The zero-order valence-electron chi connectivity index (χ0n) is 35.2. The van der Waals surface area contributed by atoms with E-state index in [1.54, 1.807) is 34.6 Å². The minimum atomic E-state index is -2.91. The fraction of sp³-hybridized carbons (Fsp3) is 0.523. The van der Waals surface area contributed by atoms with Crippen molar-refractivity contribution in [2.45, 2.75) is 95.1 Å². The molecule has 4 aromatic heterocycles. The van der Waals surface area contributed by atoms with Crippen LogP contribution in [0.4, 0.5) is 20.3 Å². The van der Waals surface area contributed by atoms with Crippen molar-refractivity contribution in [3.8, 4) is 11.5 Å². The number of benzene rings is 1. The highest BCUT2D eigenvalue weighted by Gasteiger charge is 2.38. The smallest absolute Gasteiger partial charge is 0.329 e. The van der Waals surface area contributed by atoms with Gasteiger partial charge in [-0.2, -0.15) is 5.10 Å². The number of nitrogens with one attached hydrogen (secondary N) is 3. The number of aryl methyl sites for hydroxylation is 2. The molecule has 2 saturated carbocycles. The van der Waals surface area contributed by atoms with Crippen LogP contribution in [-0.2, 0) is 33.3 Å². The summed E-state index contributed by atoms with van der Waals surface area (Å²) >= 11 is 0. The Bertz CT molecular complexity index is 2460. The Balaban J connectivity index is 0.844. The van der Waals surface area contributed by atoms with Crippen LogP contribution >= 0.6 is 0 Å². The normalized spacial score (nSPS) is 17.9. The number of likely N-dealkylation sites (N-methyl/N-ethyl adjacent to an activating group) is 1. The summed E-state index contributed by atoms with van der Waals surface area (Å²) in [7, 11) is 3.71. The van der Waals surface area contributed by atoms with Crippen molar-refractivity contribution in [3.05, 3.63) is 76.4 Å². The minimum absolute atomic E-state index is 0.0439. The molecule has 3 fully saturated rings. The van der Waals surface area contributed by atoms with Crippen molar-refractivity contribution >= 4 is 40.3 Å². The van der Waals surface area contributed by atoms with Gasteiger partial charge in [-0.3, -0.25) is 33.5 Å². The Kier molecular flexibility index (Phi) is 12.9. The number of alkyl halides is 2. The van der Waals surface area contributed by atoms with Gasteiger partial charge < -0.3 is 24.7 Å². The van der Waals surface area contributed by atoms with Crippen LogP contribution in [-0.4, -0.2) is 91.4 Å². The fourth-order valence-corrected chi connectivity index (χ4v) is 8.92. The number of fused-ring (bicyclic) bond motifs is 1. The number of carbonyl (C=O) groups excluding carboxylic acids is 3. The van der Waals surface area contributed by atoms with Crippen LogP contribution in [0.25, 0.3) is 22.5 Å². The molecule has 8 rings (SSSR count). The Morgan fingerprint density at radius 3 is 2.68 bits per heavy atom. The van der Waals surface area contributed by atoms with E-state index < -0.39 is 35.5 Å². The molecule has 1 aliphatic heterocycles. The Labute approximate surface area is 357 Å². The number of pyridine rings is 1. The van der Waals surface area contributed by atoms with Crippen LogP contribution in [0.3, 0.4) is 0 Å². The molecule has 62 heavy (non-hydrogen) atoms. The highest BCUT2D eigenvalue weighted by atomic mass is 19.3. The predicted molar refractivity (Wildman–Crippen MR) is 227 cm³/mol. The third-order valence-electron chi connectivity index (χ3n) is 12.3. The van der Waals surface area contributed by atoms with E-state index in [1.165, 1.54) is 29.9 Å². The second kappa shape index (κ2) is 18.7. The van der Waals surface area contributed by atoms with E-state index in [0.717, 1.165) is 62.6 Å². The lowest BCUT2D eigenvalue weighted by Crippen LogP contribution is -2.46. The van der Waals surface area contributed by atoms with E-state index in [0.29, 0.717) is 55.5 Å². The summed E-state index contributed by atoms with van der Waals surface area (Å²) in [5, 5.41) is 12.7. The van der Waals surface area contributed by atoms with Gasteiger partial charge in [0.1, 0.15) is 18.1 Å². The summed E-state index contributed by atoms with van der Waals surface area (Å²) in [4.78, 5) is 61.9. The number of hydrogen-bond acceptors (Lipinski definition) is 11. The highest BCUT2D eigenvalue weighted by molar-refractivity contribution is 6.03. The number of hydrogen-bond donors (Lipinski definition) is 3. The van der Waals surface area contributed by atoms with Crippen molar-refractivity contribution in [2.24, 2.45) is 13.0 Å². The molecule has 5 aromatic rings. The number of halogens is 2. The first-order chi connectivity index (χ1) is 30.0. The average Bonchev–Trinajstić information content (AvgIpc) is 3.65. The summed E-state index contributed by atoms with van der Waals surface area (Å²) in [6.07, 6.45) is 10.9. The molecule has 0 radical (unpaired) electrons. The summed E-state index contributed by atoms with van der Waals surface area (Å²) in [6.45, 7) is 3.19. The van der Waals surface area contributed by atoms with Crippen molar-refractivity contribution in [2.75, 3.05) is 50.5 Å². The van der Waals surface area contributed by atoms with Gasteiger partial charge in [0, 0.05) is 64.3 Å². The molecule has 18 heteroatoms. The van der Waals surface area contributed by atoms with Gasteiger partial charge in [-0.15, -0.1) is 0 Å². The summed E-state index contributed by atoms with van der Waals surface area (Å²) in [6, 6.07) is 8.48. The van der Waals surface area contributed by atoms with Gasteiger partial charge >= 0.3 is 5.69 Å². The van der Waals surface area contributed by atoms with Gasteiger partial charge in [0.15, 0.2) is 11.4 Å². The number of imidazole rings is 1. The number of amides is 3. The number of imide groups is 1. The van der Waals surface area contributed by atoms with Crippen LogP contribution in [0.1, 0.15) is 105 Å². The lowest BCUT2D eigenvalue weighted by Gasteiger charge is -2.40. The van der Waals surface area contributed by atoms with Gasteiger partial charge in [0.2, 0.25) is 17.7 Å². The number of rotatable bonds is 19. The Morgan fingerprint density at radius 1 is 1.10 bits per heavy atom. The van der Waals surface area contributed by atoms with Gasteiger partial charge in [-0.05, 0) is 88.1 Å². The molecule has 0 bridgehead atoms. The van der Waals surface area contributed by atoms with E-state index in [2.05, 4.69) is 35.9 Å². The quantitative estimate of drug-likeness (QED) is 0.0635. The van der Waals surface area contributed by atoms with E-state index >= 15 is 0 Å². The fourth-order valence-electron chi connectivity index (χ4n) is 8.92. The molecular formula is C44H54F2N10O6. The van der Waals surface area contributed by atoms with Crippen molar-refractivity contribution < 1.29 is 32.3 Å². The molecule has 5 heterocycles. The molecule has 1 unspecified atom stereocenters. The number of aromatic nitrogens is 6. The zero-order valence-corrected chi connectivity index (χ0v) is 35.2. The molecule has 1 aromatic carbocycles. The second-order valence-corrected chi connectivity index (χ2v) is 17.0. The predicted octanol–water partition coefficient (Wildman–Crippen LogP) is 6.21. The lowest BCUT2D eigenvalue weighted by molar-refractivity contribution is -0.135. The molecule has 3 N–H and O–H groups in total. The number of piperidine rings is 1. The first kappa shape index (κ1) is 42.9. The molecule has 3 aliphatic rings. The van der Waals surface area contributed by atoms with Crippen LogP contribution in [0.15, 0.2) is 58.2 Å². The van der Waals surface area contributed by atoms with E-state index in [9.17, 15) is 28.0 Å². The molecule has 0 spiro atoms. The molecule has 1 atom stereocenters. The zero-order chi connectivity index (χ0) is 43.4. The topological polar surface area (TPSA) is 183 Å². The standard InChI is InChI=1S/C44H54F2N10O6/c1-53(20-8-22-61-21-7-10-29-9-6-11-33-38(29)54(2)43(60)56(33)34-14-15-36(57)51-41(34)59)27-44(17-4-3-5-18-44)55-25-31(37(52-55)39(45)46)49-40(58)32-26-62-42(50-32)30-16-19-47-35(23-30)48-24-28-12-13-28/h6,9,11,16,19,23,25-26,28,34,39H,3-5,7-8,10,12-15,17-18,20-22,24,27H2,1-2H3,(H,47,48)(H,49,58)(H,51,57,59). The van der Waals surface area contributed by atoms with Gasteiger partial charge in [0.05, 0.1) is 22.3 Å². The third kappa shape index (κ3) is 9.50. The van der Waals surface area contributed by atoms with E-state index in [4.69, 9.17) is 9.15 Å². The van der Waals surface area contributed by atoms with Crippen molar-refractivity contribution in [1.29, 1.82) is 0 Å². The van der Waals surface area contributed by atoms with Gasteiger partial charge in [-0.1, -0.05) is 31.4 Å². The molecule has 3 amide bonds. The summed E-state index contributed by atoms with van der Waals surface area (Å²) in [5.41, 5.74) is 1.62. The van der Waals surface area contributed by atoms with E-state index in [-0.39, 0.29) is 41.7 Å². The number of oxazole rings is 1. The molecule has 2 aliphatic carbocycles. The Hall–Kier alpha value is -5.75. The Morgan fingerprint density at radius 2 is 1.90 bits per heavy atom. The number of ether oxygens (including phenoxy) is 1. The summed E-state index contributed by atoms with van der Waals surface area (Å²) in [5.74, 6) is 0.0947. The first-order valence-electron chi connectivity index (χ1n) is 21.6. The minimum Gasteiger partial charge on any atom is -0.444 e. The first-order valence-corrected chi connectivity index (χ1v) is 21.6. The van der Waals surface area contributed by atoms with Crippen molar-refractivity contribution in [3.63, 3.8) is 0 Å². The molecule has 330 valence electrons. The average molecular weight is 857 g/mol. The van der Waals surface area contributed by atoms with Crippen LogP contribution < -0.4 is 21.6 Å². The summed E-state index contributed by atoms with van der Waals surface area (Å²) < 4.78 is 45.3. The largest absolute Gasteiger partial charge is 0.444 e. The SMILES string of the molecule is CN(CCCOCCCc1cccc2c1n(C)c(=O)n2C1CCC(=O)NC1=O)CC1(n2cc(NC(=O)c3coc(-c4ccnc(NCC5CC5)c4)n3)c(C(F)F)n2)CCCCC1. The van der Waals surface area contributed by atoms with Crippen LogP contribution in [0, 0.1) is 5.92 Å². The number of para-hydroxylation sites is 1. The molecule has 1 saturated heterocycles. The van der Waals surface area contributed by atoms with Crippen LogP contribution in [0.5, 0.6) is 0 Å². The van der Waals surface area contributed by atoms with Gasteiger partial charge in [-0.25, -0.2) is 23.5 Å². The monoisotopic (exact) mass is 856 g/mol. The van der Waals surface area contributed by atoms with Gasteiger partial charge in [0.25, 0.3) is 12.3 Å².